The quantitative estimate of drug-likeness (QED) is 0.536. The summed E-state index contributed by atoms with van der Waals surface area (Å²) in [6.07, 6.45) is 4.05. The number of aliphatic hydroxyl groups is 1. The standard InChI is InChI=1S/C16H29N3OS/c1-4-21-9-16(20)7-12-5-11(6-13(12)8-16)14(17)10(2)15(18)19-3/h11-13,20H,4-9,17H2,1-3H3,(H2,18,19)/b14-10-. The Labute approximate surface area is 132 Å². The van der Waals surface area contributed by atoms with Crippen molar-refractivity contribution in [2.45, 2.75) is 45.1 Å². The second-order valence-corrected chi connectivity index (χ2v) is 7.92. The van der Waals surface area contributed by atoms with Crippen LogP contribution >= 0.6 is 11.8 Å². The molecular weight excluding hydrogens is 282 g/mol. The highest BCUT2D eigenvalue weighted by Gasteiger charge is 2.48. The zero-order valence-corrected chi connectivity index (χ0v) is 14.2. The number of rotatable bonds is 5. The van der Waals surface area contributed by atoms with Gasteiger partial charge in [0, 0.05) is 24.1 Å². The van der Waals surface area contributed by atoms with Crippen LogP contribution in [0, 0.1) is 17.8 Å². The number of aliphatic imine (C=N–C) groups is 1. The van der Waals surface area contributed by atoms with Gasteiger partial charge in [-0.2, -0.15) is 11.8 Å². The molecule has 0 saturated heterocycles. The normalized spacial score (nSPS) is 37.5. The summed E-state index contributed by atoms with van der Waals surface area (Å²) in [4.78, 5) is 4.02. The molecule has 2 aliphatic carbocycles. The lowest BCUT2D eigenvalue weighted by molar-refractivity contribution is 0.0624. The maximum atomic E-state index is 10.7. The maximum Gasteiger partial charge on any atom is 0.122 e. The van der Waals surface area contributed by atoms with Crippen molar-refractivity contribution in [3.63, 3.8) is 0 Å². The topological polar surface area (TPSA) is 84.6 Å². The second-order valence-electron chi connectivity index (χ2n) is 6.65. The molecule has 2 rings (SSSR count). The number of hydrogen-bond donors (Lipinski definition) is 3. The predicted octanol–water partition coefficient (Wildman–Crippen LogP) is 2.13. The van der Waals surface area contributed by atoms with Crippen LogP contribution in [0.2, 0.25) is 0 Å². The minimum absolute atomic E-state index is 0.406. The van der Waals surface area contributed by atoms with Crippen LogP contribution in [-0.2, 0) is 0 Å². The van der Waals surface area contributed by atoms with Crippen molar-refractivity contribution in [1.29, 1.82) is 0 Å². The molecule has 4 nitrogen and oxygen atoms in total. The Kier molecular flexibility index (Phi) is 5.25. The summed E-state index contributed by atoms with van der Waals surface area (Å²) in [7, 11) is 1.70. The van der Waals surface area contributed by atoms with Gasteiger partial charge in [0.15, 0.2) is 0 Å². The van der Waals surface area contributed by atoms with Crippen molar-refractivity contribution in [3.8, 4) is 0 Å². The molecule has 5 heteroatoms. The van der Waals surface area contributed by atoms with Crippen molar-refractivity contribution in [1.82, 2.24) is 0 Å². The van der Waals surface area contributed by atoms with Gasteiger partial charge in [0.05, 0.1) is 5.60 Å². The number of fused-ring (bicyclic) bond motifs is 1. The van der Waals surface area contributed by atoms with E-state index in [0.29, 0.717) is 23.6 Å². The van der Waals surface area contributed by atoms with E-state index < -0.39 is 5.60 Å². The van der Waals surface area contributed by atoms with Crippen LogP contribution in [0.25, 0.3) is 0 Å². The Morgan fingerprint density at radius 3 is 2.33 bits per heavy atom. The third kappa shape index (κ3) is 3.57. The number of amidine groups is 1. The summed E-state index contributed by atoms with van der Waals surface area (Å²) in [5, 5.41) is 10.7. The number of thioether (sulfide) groups is 1. The van der Waals surface area contributed by atoms with Crippen LogP contribution < -0.4 is 11.5 Å². The van der Waals surface area contributed by atoms with Crippen molar-refractivity contribution < 1.29 is 5.11 Å². The average Bonchev–Trinajstić information content (AvgIpc) is 2.97. The fourth-order valence-corrected chi connectivity index (χ4v) is 4.88. The second kappa shape index (κ2) is 6.61. The molecule has 0 radical (unpaired) electrons. The SMILES string of the molecule is CCSCC1(O)CC2CC(/C(N)=C(\C)C(N)=NC)CC2C1. The number of allylic oxidation sites excluding steroid dienone is 1. The predicted molar refractivity (Wildman–Crippen MR) is 91.3 cm³/mol. The highest BCUT2D eigenvalue weighted by Crippen LogP contribution is 2.52. The van der Waals surface area contributed by atoms with E-state index in [1.807, 2.05) is 18.7 Å². The first kappa shape index (κ1) is 16.7. The third-order valence-corrected chi connectivity index (χ3v) is 6.35. The highest BCUT2D eigenvalue weighted by atomic mass is 32.2. The molecule has 0 aliphatic heterocycles. The van der Waals surface area contributed by atoms with E-state index in [0.717, 1.165) is 48.5 Å². The van der Waals surface area contributed by atoms with Gasteiger partial charge in [0.25, 0.3) is 0 Å². The molecule has 5 N–H and O–H groups in total. The first-order valence-electron chi connectivity index (χ1n) is 7.89. The van der Waals surface area contributed by atoms with E-state index in [1.54, 1.807) is 7.05 Å². The van der Waals surface area contributed by atoms with Crippen LogP contribution in [0.5, 0.6) is 0 Å². The molecule has 2 atom stereocenters. The first-order chi connectivity index (χ1) is 9.90. The molecule has 0 aromatic heterocycles. The Bertz CT molecular complexity index is 433. The van der Waals surface area contributed by atoms with Gasteiger partial charge in [-0.3, -0.25) is 4.99 Å². The Balaban J connectivity index is 1.99. The van der Waals surface area contributed by atoms with E-state index in [1.165, 1.54) is 0 Å². The van der Waals surface area contributed by atoms with Crippen molar-refractivity contribution >= 4 is 17.6 Å². The first-order valence-corrected chi connectivity index (χ1v) is 9.04. The fraction of sp³-hybridized carbons (Fsp3) is 0.812. The monoisotopic (exact) mass is 311 g/mol. The van der Waals surface area contributed by atoms with Crippen LogP contribution in [0.3, 0.4) is 0 Å². The molecular formula is C16H29N3OS. The lowest BCUT2D eigenvalue weighted by Crippen LogP contribution is -2.29. The minimum Gasteiger partial charge on any atom is -0.401 e. The minimum atomic E-state index is -0.446. The maximum absolute atomic E-state index is 10.7. The highest BCUT2D eigenvalue weighted by molar-refractivity contribution is 7.99. The lowest BCUT2D eigenvalue weighted by Gasteiger charge is -2.24. The van der Waals surface area contributed by atoms with Crippen LogP contribution in [-0.4, -0.2) is 35.1 Å². The van der Waals surface area contributed by atoms with Gasteiger partial charge in [0.2, 0.25) is 0 Å². The molecule has 0 aromatic carbocycles. The van der Waals surface area contributed by atoms with E-state index >= 15 is 0 Å². The molecule has 21 heavy (non-hydrogen) atoms. The van der Waals surface area contributed by atoms with Crippen molar-refractivity contribution in [2.24, 2.45) is 34.2 Å². The van der Waals surface area contributed by atoms with Crippen LogP contribution in [0.4, 0.5) is 0 Å². The van der Waals surface area contributed by atoms with Gasteiger partial charge in [0.1, 0.15) is 5.84 Å². The molecule has 2 saturated carbocycles. The van der Waals surface area contributed by atoms with E-state index in [9.17, 15) is 5.11 Å². The zero-order valence-electron chi connectivity index (χ0n) is 13.4. The summed E-state index contributed by atoms with van der Waals surface area (Å²) in [5.74, 6) is 4.13. The smallest absolute Gasteiger partial charge is 0.122 e. The average molecular weight is 311 g/mol. The Hall–Kier alpha value is -0.680. The lowest BCUT2D eigenvalue weighted by atomic mass is 9.92. The molecule has 0 spiro atoms. The number of hydrogen-bond acceptors (Lipinski definition) is 4. The summed E-state index contributed by atoms with van der Waals surface area (Å²) in [5.41, 5.74) is 13.6. The largest absolute Gasteiger partial charge is 0.401 e. The molecule has 2 unspecified atom stereocenters. The van der Waals surface area contributed by atoms with Crippen molar-refractivity contribution in [3.05, 3.63) is 11.3 Å². The third-order valence-electron chi connectivity index (χ3n) is 5.20. The molecule has 120 valence electrons. The molecule has 0 heterocycles. The summed E-state index contributed by atoms with van der Waals surface area (Å²) in [6.45, 7) is 4.10. The van der Waals surface area contributed by atoms with Gasteiger partial charge in [-0.1, -0.05) is 6.92 Å². The molecule has 0 aromatic rings. The number of nitrogens with two attached hydrogens (primary N) is 2. The van der Waals surface area contributed by atoms with E-state index in [-0.39, 0.29) is 0 Å². The summed E-state index contributed by atoms with van der Waals surface area (Å²) < 4.78 is 0. The van der Waals surface area contributed by atoms with Gasteiger partial charge in [-0.25, -0.2) is 0 Å². The molecule has 2 aliphatic rings. The van der Waals surface area contributed by atoms with Gasteiger partial charge < -0.3 is 16.6 Å². The molecule has 2 fully saturated rings. The van der Waals surface area contributed by atoms with Crippen LogP contribution in [0.15, 0.2) is 16.3 Å². The summed E-state index contributed by atoms with van der Waals surface area (Å²) >= 11 is 1.85. The van der Waals surface area contributed by atoms with Crippen LogP contribution in [0.1, 0.15) is 39.5 Å². The van der Waals surface area contributed by atoms with E-state index in [4.69, 9.17) is 11.5 Å². The van der Waals surface area contributed by atoms with Gasteiger partial charge in [-0.05, 0) is 56.1 Å². The number of nitrogens with zero attached hydrogens (tertiary/aromatic N) is 1. The van der Waals surface area contributed by atoms with Gasteiger partial charge >= 0.3 is 0 Å². The van der Waals surface area contributed by atoms with Crippen molar-refractivity contribution in [2.75, 3.05) is 18.6 Å². The zero-order chi connectivity index (χ0) is 15.6. The Morgan fingerprint density at radius 1 is 1.29 bits per heavy atom. The molecule has 0 bridgehead atoms. The Morgan fingerprint density at radius 2 is 1.86 bits per heavy atom. The van der Waals surface area contributed by atoms with E-state index in [2.05, 4.69) is 11.9 Å². The fourth-order valence-electron chi connectivity index (χ4n) is 4.06. The van der Waals surface area contributed by atoms with Gasteiger partial charge in [-0.15, -0.1) is 0 Å². The molecule has 0 amide bonds. The summed E-state index contributed by atoms with van der Waals surface area (Å²) in [6, 6.07) is 0.